The first kappa shape index (κ1) is 13.3. The maximum absolute atomic E-state index is 13.3. The van der Waals surface area contributed by atoms with Crippen LogP contribution in [0.1, 0.15) is 44.2 Å². The molecule has 0 heterocycles. The Labute approximate surface area is 109 Å². The minimum absolute atomic E-state index is 0.137. The topological polar surface area (TPSA) is 29.3 Å². The SMILES string of the molecule is C[C@@H](N)c1cc(F)ccc1N(C)CC1CCCC1. The van der Waals surface area contributed by atoms with Crippen molar-refractivity contribution in [2.24, 2.45) is 11.7 Å². The van der Waals surface area contributed by atoms with E-state index >= 15 is 0 Å². The molecule has 0 unspecified atom stereocenters. The monoisotopic (exact) mass is 250 g/mol. The predicted molar refractivity (Wildman–Crippen MR) is 74.2 cm³/mol. The van der Waals surface area contributed by atoms with Crippen molar-refractivity contribution in [3.8, 4) is 0 Å². The van der Waals surface area contributed by atoms with Gasteiger partial charge in [-0.15, -0.1) is 0 Å². The number of nitrogens with two attached hydrogens (primary N) is 1. The average molecular weight is 250 g/mol. The van der Waals surface area contributed by atoms with Crippen LogP contribution in [0.15, 0.2) is 18.2 Å². The van der Waals surface area contributed by atoms with E-state index < -0.39 is 0 Å². The molecule has 3 heteroatoms. The van der Waals surface area contributed by atoms with Crippen LogP contribution in [0.3, 0.4) is 0 Å². The van der Waals surface area contributed by atoms with Crippen LogP contribution in [0.4, 0.5) is 10.1 Å². The van der Waals surface area contributed by atoms with Crippen molar-refractivity contribution in [1.29, 1.82) is 0 Å². The van der Waals surface area contributed by atoms with Gasteiger partial charge in [-0.1, -0.05) is 12.8 Å². The zero-order chi connectivity index (χ0) is 13.1. The third kappa shape index (κ3) is 3.02. The molecular weight excluding hydrogens is 227 g/mol. The third-order valence-electron chi connectivity index (χ3n) is 3.90. The molecule has 2 rings (SSSR count). The fraction of sp³-hybridized carbons (Fsp3) is 0.600. The fourth-order valence-electron chi connectivity index (χ4n) is 2.92. The summed E-state index contributed by atoms with van der Waals surface area (Å²) in [4.78, 5) is 2.23. The predicted octanol–water partition coefficient (Wildman–Crippen LogP) is 3.47. The largest absolute Gasteiger partial charge is 0.374 e. The summed E-state index contributed by atoms with van der Waals surface area (Å²) in [7, 11) is 2.08. The Hall–Kier alpha value is -1.09. The van der Waals surface area contributed by atoms with Gasteiger partial charge in [0.05, 0.1) is 0 Å². The van der Waals surface area contributed by atoms with Crippen LogP contribution in [0.25, 0.3) is 0 Å². The Bertz CT molecular complexity index is 397. The van der Waals surface area contributed by atoms with Gasteiger partial charge in [0.25, 0.3) is 0 Å². The van der Waals surface area contributed by atoms with Gasteiger partial charge in [-0.25, -0.2) is 4.39 Å². The summed E-state index contributed by atoms with van der Waals surface area (Å²) < 4.78 is 13.3. The van der Waals surface area contributed by atoms with Gasteiger partial charge in [-0.3, -0.25) is 0 Å². The Morgan fingerprint density at radius 2 is 2.06 bits per heavy atom. The Balaban J connectivity index is 2.15. The molecule has 0 bridgehead atoms. The quantitative estimate of drug-likeness (QED) is 0.886. The highest BCUT2D eigenvalue weighted by Crippen LogP contribution is 2.30. The maximum Gasteiger partial charge on any atom is 0.123 e. The van der Waals surface area contributed by atoms with E-state index in [-0.39, 0.29) is 11.9 Å². The molecule has 0 aromatic heterocycles. The molecule has 18 heavy (non-hydrogen) atoms. The molecule has 1 aliphatic carbocycles. The van der Waals surface area contributed by atoms with E-state index in [0.717, 1.165) is 23.7 Å². The minimum Gasteiger partial charge on any atom is -0.374 e. The van der Waals surface area contributed by atoms with Crippen LogP contribution in [-0.4, -0.2) is 13.6 Å². The summed E-state index contributed by atoms with van der Waals surface area (Å²) in [6.45, 7) is 2.95. The van der Waals surface area contributed by atoms with Gasteiger partial charge < -0.3 is 10.6 Å². The van der Waals surface area contributed by atoms with Gasteiger partial charge >= 0.3 is 0 Å². The van der Waals surface area contributed by atoms with Crippen molar-refractivity contribution in [3.05, 3.63) is 29.6 Å². The highest BCUT2D eigenvalue weighted by Gasteiger charge is 2.19. The van der Waals surface area contributed by atoms with Crippen molar-refractivity contribution >= 4 is 5.69 Å². The zero-order valence-corrected chi connectivity index (χ0v) is 11.3. The second kappa shape index (κ2) is 5.70. The highest BCUT2D eigenvalue weighted by molar-refractivity contribution is 5.54. The lowest BCUT2D eigenvalue weighted by Gasteiger charge is -2.26. The maximum atomic E-state index is 13.3. The number of nitrogens with zero attached hydrogens (tertiary/aromatic N) is 1. The Kier molecular flexibility index (Phi) is 4.23. The number of anilines is 1. The van der Waals surface area contributed by atoms with Crippen LogP contribution in [0.5, 0.6) is 0 Å². The Morgan fingerprint density at radius 1 is 1.39 bits per heavy atom. The molecule has 0 radical (unpaired) electrons. The van der Waals surface area contributed by atoms with Crippen molar-refractivity contribution in [1.82, 2.24) is 0 Å². The van der Waals surface area contributed by atoms with E-state index in [1.807, 2.05) is 13.0 Å². The van der Waals surface area contributed by atoms with Crippen LogP contribution in [0, 0.1) is 11.7 Å². The molecule has 2 nitrogen and oxygen atoms in total. The standard InChI is InChI=1S/C15H23FN2/c1-11(17)14-9-13(16)7-8-15(14)18(2)10-12-5-3-4-6-12/h7-9,11-12H,3-6,10,17H2,1-2H3/t11-/m1/s1. The first-order valence-corrected chi connectivity index (χ1v) is 6.84. The second-order valence-corrected chi connectivity index (χ2v) is 5.52. The van der Waals surface area contributed by atoms with E-state index in [1.165, 1.54) is 31.7 Å². The summed E-state index contributed by atoms with van der Waals surface area (Å²) in [5.74, 6) is 0.571. The number of hydrogen-bond donors (Lipinski definition) is 1. The lowest BCUT2D eigenvalue weighted by Crippen LogP contribution is -2.26. The molecule has 1 saturated carbocycles. The minimum atomic E-state index is -0.208. The van der Waals surface area contributed by atoms with Crippen LogP contribution >= 0.6 is 0 Å². The molecule has 0 aliphatic heterocycles. The average Bonchev–Trinajstić information content (AvgIpc) is 2.81. The highest BCUT2D eigenvalue weighted by atomic mass is 19.1. The molecule has 1 fully saturated rings. The number of hydrogen-bond acceptors (Lipinski definition) is 2. The molecule has 100 valence electrons. The van der Waals surface area contributed by atoms with Crippen molar-refractivity contribution in [2.45, 2.75) is 38.6 Å². The third-order valence-corrected chi connectivity index (χ3v) is 3.90. The van der Waals surface area contributed by atoms with Crippen LogP contribution in [0.2, 0.25) is 0 Å². The summed E-state index contributed by atoms with van der Waals surface area (Å²) in [6, 6.07) is 4.79. The number of halogens is 1. The molecule has 1 atom stereocenters. The van der Waals surface area contributed by atoms with Crippen molar-refractivity contribution < 1.29 is 4.39 Å². The molecule has 0 saturated heterocycles. The fourth-order valence-corrected chi connectivity index (χ4v) is 2.92. The van der Waals surface area contributed by atoms with E-state index in [1.54, 1.807) is 6.07 Å². The summed E-state index contributed by atoms with van der Waals surface area (Å²) in [5, 5.41) is 0. The second-order valence-electron chi connectivity index (χ2n) is 5.52. The lowest BCUT2D eigenvalue weighted by molar-refractivity contribution is 0.545. The van der Waals surface area contributed by atoms with E-state index in [0.29, 0.717) is 0 Å². The summed E-state index contributed by atoms with van der Waals surface area (Å²) in [5.41, 5.74) is 7.90. The van der Waals surface area contributed by atoms with Crippen molar-refractivity contribution in [2.75, 3.05) is 18.5 Å². The van der Waals surface area contributed by atoms with Gasteiger partial charge in [-0.05, 0) is 49.4 Å². The van der Waals surface area contributed by atoms with Gasteiger partial charge in [0.2, 0.25) is 0 Å². The molecular formula is C15H23FN2. The van der Waals surface area contributed by atoms with Gasteiger partial charge in [0, 0.05) is 25.3 Å². The van der Waals surface area contributed by atoms with Crippen LogP contribution < -0.4 is 10.6 Å². The van der Waals surface area contributed by atoms with Crippen molar-refractivity contribution in [3.63, 3.8) is 0 Å². The van der Waals surface area contributed by atoms with Gasteiger partial charge in [0.15, 0.2) is 0 Å². The normalized spacial score (nSPS) is 18.0. The summed E-state index contributed by atoms with van der Waals surface area (Å²) >= 11 is 0. The number of rotatable bonds is 4. The molecule has 1 aromatic carbocycles. The lowest BCUT2D eigenvalue weighted by atomic mass is 10.0. The molecule has 2 N–H and O–H groups in total. The molecule has 1 aromatic rings. The first-order valence-electron chi connectivity index (χ1n) is 6.84. The number of benzene rings is 1. The van der Waals surface area contributed by atoms with E-state index in [9.17, 15) is 4.39 Å². The summed E-state index contributed by atoms with van der Waals surface area (Å²) in [6.07, 6.45) is 5.34. The molecule has 1 aliphatic rings. The van der Waals surface area contributed by atoms with E-state index in [2.05, 4.69) is 11.9 Å². The first-order chi connectivity index (χ1) is 8.58. The Morgan fingerprint density at radius 3 is 2.67 bits per heavy atom. The molecule has 0 amide bonds. The molecule has 0 spiro atoms. The van der Waals surface area contributed by atoms with Gasteiger partial charge in [-0.2, -0.15) is 0 Å². The zero-order valence-electron chi connectivity index (χ0n) is 11.3. The van der Waals surface area contributed by atoms with Crippen LogP contribution in [-0.2, 0) is 0 Å². The van der Waals surface area contributed by atoms with E-state index in [4.69, 9.17) is 5.73 Å². The smallest absolute Gasteiger partial charge is 0.123 e. The van der Waals surface area contributed by atoms with Gasteiger partial charge in [0.1, 0.15) is 5.82 Å².